The molecule has 3 rings (SSSR count). The molecule has 8 heteroatoms. The fraction of sp³-hybridized carbons (Fsp3) is 0.722. The summed E-state index contributed by atoms with van der Waals surface area (Å²) in [5, 5.41) is 3.36. The summed E-state index contributed by atoms with van der Waals surface area (Å²) in [5.41, 5.74) is 0. The third-order valence-electron chi connectivity index (χ3n) is 5.28. The molecule has 2 aliphatic heterocycles. The van der Waals surface area contributed by atoms with E-state index in [1.807, 2.05) is 23.6 Å². The van der Waals surface area contributed by atoms with Crippen LogP contribution in [0.2, 0.25) is 0 Å². The molecule has 0 aliphatic carbocycles. The highest BCUT2D eigenvalue weighted by Crippen LogP contribution is 2.27. The second-order valence-corrected chi connectivity index (χ2v) is 7.05. The average Bonchev–Trinajstić information content (AvgIpc) is 3.32. The molecule has 0 radical (unpaired) electrons. The third-order valence-corrected chi connectivity index (χ3v) is 5.28. The zero-order valence-corrected chi connectivity index (χ0v) is 18.1. The number of hydrogen-bond acceptors (Lipinski definition) is 3. The lowest BCUT2D eigenvalue weighted by atomic mass is 9.93. The SMILES string of the molecule is CCNC(=NCC(=O)N1CCCC1)N1CCC(C)C(n2ccnc2)C1.I. The molecule has 2 atom stereocenters. The molecule has 7 nitrogen and oxygen atoms in total. The molecule has 0 saturated carbocycles. The minimum Gasteiger partial charge on any atom is -0.357 e. The number of halogens is 1. The van der Waals surface area contributed by atoms with Crippen LogP contribution < -0.4 is 5.32 Å². The number of guanidine groups is 1. The van der Waals surface area contributed by atoms with Crippen molar-refractivity contribution in [3.05, 3.63) is 18.7 Å². The van der Waals surface area contributed by atoms with Crippen LogP contribution in [-0.2, 0) is 4.79 Å². The molecule has 0 aromatic carbocycles. The number of nitrogens with zero attached hydrogens (tertiary/aromatic N) is 5. The second-order valence-electron chi connectivity index (χ2n) is 7.05. The van der Waals surface area contributed by atoms with Gasteiger partial charge in [0.1, 0.15) is 6.54 Å². The number of piperidine rings is 1. The van der Waals surface area contributed by atoms with Gasteiger partial charge in [0.25, 0.3) is 0 Å². The van der Waals surface area contributed by atoms with Gasteiger partial charge in [-0.05, 0) is 32.1 Å². The summed E-state index contributed by atoms with van der Waals surface area (Å²) in [4.78, 5) is 25.3. The van der Waals surface area contributed by atoms with Crippen molar-refractivity contribution in [1.29, 1.82) is 0 Å². The number of likely N-dealkylation sites (tertiary alicyclic amines) is 2. The predicted molar refractivity (Wildman–Crippen MR) is 114 cm³/mol. The predicted octanol–water partition coefficient (Wildman–Crippen LogP) is 1.97. The Kier molecular flexibility index (Phi) is 8.17. The Hall–Kier alpha value is -1.32. The van der Waals surface area contributed by atoms with E-state index in [0.29, 0.717) is 12.0 Å². The van der Waals surface area contributed by atoms with Gasteiger partial charge in [0, 0.05) is 45.1 Å². The summed E-state index contributed by atoms with van der Waals surface area (Å²) >= 11 is 0. The first-order valence-corrected chi connectivity index (χ1v) is 9.47. The number of imidazole rings is 1. The Bertz CT molecular complexity index is 585. The smallest absolute Gasteiger partial charge is 0.244 e. The highest BCUT2D eigenvalue weighted by molar-refractivity contribution is 14.0. The Balaban J connectivity index is 0.00000243. The van der Waals surface area contributed by atoms with Crippen LogP contribution in [0.1, 0.15) is 39.2 Å². The first-order chi connectivity index (χ1) is 12.2. The maximum absolute atomic E-state index is 12.3. The van der Waals surface area contributed by atoms with Crippen LogP contribution in [0.25, 0.3) is 0 Å². The van der Waals surface area contributed by atoms with Gasteiger partial charge in [0.2, 0.25) is 5.91 Å². The first kappa shape index (κ1) is 21.0. The standard InChI is InChI=1S/C18H30N6O.HI/c1-3-20-18(21-12-17(25)22-8-4-5-9-22)23-10-6-15(2)16(13-23)24-11-7-19-14-24;/h7,11,14-16H,3-6,8-10,12-13H2,1-2H3,(H,20,21);1H. The number of amides is 1. The van der Waals surface area contributed by atoms with Gasteiger partial charge < -0.3 is 19.7 Å². The molecule has 2 saturated heterocycles. The molecular formula is C18H31IN6O. The zero-order valence-electron chi connectivity index (χ0n) is 15.8. The second kappa shape index (κ2) is 10.1. The van der Waals surface area contributed by atoms with Crippen LogP contribution in [0.15, 0.2) is 23.7 Å². The van der Waals surface area contributed by atoms with Crippen molar-refractivity contribution in [3.63, 3.8) is 0 Å². The zero-order chi connectivity index (χ0) is 17.6. The van der Waals surface area contributed by atoms with Crippen molar-refractivity contribution in [2.45, 2.75) is 39.2 Å². The summed E-state index contributed by atoms with van der Waals surface area (Å²) in [5.74, 6) is 1.59. The molecule has 146 valence electrons. The summed E-state index contributed by atoms with van der Waals surface area (Å²) in [6.07, 6.45) is 9.10. The molecule has 26 heavy (non-hydrogen) atoms. The van der Waals surface area contributed by atoms with E-state index in [4.69, 9.17) is 0 Å². The van der Waals surface area contributed by atoms with E-state index in [1.54, 1.807) is 0 Å². The molecule has 1 N–H and O–H groups in total. The van der Waals surface area contributed by atoms with Gasteiger partial charge in [-0.3, -0.25) is 4.79 Å². The normalized spacial score (nSPS) is 23.7. The van der Waals surface area contributed by atoms with Crippen LogP contribution in [0.3, 0.4) is 0 Å². The van der Waals surface area contributed by atoms with Crippen LogP contribution in [0.4, 0.5) is 0 Å². The largest absolute Gasteiger partial charge is 0.357 e. The van der Waals surface area contributed by atoms with Gasteiger partial charge in [0.05, 0.1) is 12.4 Å². The van der Waals surface area contributed by atoms with Crippen molar-refractivity contribution >= 4 is 35.8 Å². The lowest BCUT2D eigenvalue weighted by Gasteiger charge is -2.39. The van der Waals surface area contributed by atoms with Crippen LogP contribution in [0.5, 0.6) is 0 Å². The van der Waals surface area contributed by atoms with Crippen molar-refractivity contribution in [1.82, 2.24) is 24.7 Å². The van der Waals surface area contributed by atoms with Crippen molar-refractivity contribution in [3.8, 4) is 0 Å². The van der Waals surface area contributed by atoms with Gasteiger partial charge >= 0.3 is 0 Å². The molecule has 1 aromatic rings. The van der Waals surface area contributed by atoms with E-state index in [2.05, 4.69) is 38.6 Å². The number of carbonyl (C=O) groups is 1. The van der Waals surface area contributed by atoms with Crippen molar-refractivity contribution in [2.75, 3.05) is 39.3 Å². The van der Waals surface area contributed by atoms with Gasteiger partial charge in [-0.2, -0.15) is 0 Å². The first-order valence-electron chi connectivity index (χ1n) is 9.47. The number of rotatable bonds is 4. The number of carbonyl (C=O) groups excluding carboxylic acids is 1. The fourth-order valence-electron chi connectivity index (χ4n) is 3.73. The molecule has 0 bridgehead atoms. The topological polar surface area (TPSA) is 65.8 Å². The molecule has 0 spiro atoms. The van der Waals surface area contributed by atoms with E-state index >= 15 is 0 Å². The van der Waals surface area contributed by atoms with Crippen molar-refractivity contribution in [2.24, 2.45) is 10.9 Å². The lowest BCUT2D eigenvalue weighted by molar-refractivity contribution is -0.128. The quantitative estimate of drug-likeness (QED) is 0.412. The summed E-state index contributed by atoms with van der Waals surface area (Å²) < 4.78 is 2.19. The van der Waals surface area contributed by atoms with Crippen LogP contribution >= 0.6 is 24.0 Å². The highest BCUT2D eigenvalue weighted by atomic mass is 127. The van der Waals surface area contributed by atoms with Crippen molar-refractivity contribution < 1.29 is 4.79 Å². The Morgan fingerprint density at radius 3 is 2.69 bits per heavy atom. The van der Waals surface area contributed by atoms with E-state index in [0.717, 1.165) is 57.9 Å². The molecule has 1 amide bonds. The van der Waals surface area contributed by atoms with E-state index in [9.17, 15) is 4.79 Å². The molecule has 2 aliphatic rings. The van der Waals surface area contributed by atoms with Gasteiger partial charge in [-0.1, -0.05) is 6.92 Å². The number of aromatic nitrogens is 2. The Morgan fingerprint density at radius 1 is 1.27 bits per heavy atom. The number of hydrogen-bond donors (Lipinski definition) is 1. The maximum atomic E-state index is 12.3. The fourth-order valence-corrected chi connectivity index (χ4v) is 3.73. The minimum absolute atomic E-state index is 0. The van der Waals surface area contributed by atoms with Crippen LogP contribution in [-0.4, -0.2) is 70.5 Å². The minimum atomic E-state index is 0. The maximum Gasteiger partial charge on any atom is 0.244 e. The average molecular weight is 474 g/mol. The highest BCUT2D eigenvalue weighted by Gasteiger charge is 2.29. The molecule has 1 aromatic heterocycles. The van der Waals surface area contributed by atoms with E-state index < -0.39 is 0 Å². The van der Waals surface area contributed by atoms with Gasteiger partial charge in [-0.15, -0.1) is 24.0 Å². The monoisotopic (exact) mass is 474 g/mol. The Labute approximate surface area is 173 Å². The van der Waals surface area contributed by atoms with Crippen LogP contribution in [0, 0.1) is 5.92 Å². The molecule has 3 heterocycles. The number of aliphatic imine (C=N–C) groups is 1. The Morgan fingerprint density at radius 2 is 2.04 bits per heavy atom. The summed E-state index contributed by atoms with van der Waals surface area (Å²) in [6.45, 7) is 9.03. The summed E-state index contributed by atoms with van der Waals surface area (Å²) in [6, 6.07) is 0.384. The lowest BCUT2D eigenvalue weighted by Crippen LogP contribution is -2.49. The van der Waals surface area contributed by atoms with Gasteiger partial charge in [-0.25, -0.2) is 9.98 Å². The summed E-state index contributed by atoms with van der Waals surface area (Å²) in [7, 11) is 0. The molecular weight excluding hydrogens is 443 g/mol. The van der Waals surface area contributed by atoms with Gasteiger partial charge in [0.15, 0.2) is 5.96 Å². The number of nitrogens with one attached hydrogen (secondary N) is 1. The van der Waals surface area contributed by atoms with E-state index in [-0.39, 0.29) is 36.4 Å². The third kappa shape index (κ3) is 5.11. The molecule has 2 fully saturated rings. The molecule has 2 unspecified atom stereocenters. The van der Waals surface area contributed by atoms with E-state index in [1.165, 1.54) is 0 Å².